The number of ether oxygens (including phenoxy) is 6. The number of amides is 4. The predicted octanol–water partition coefficient (Wildman–Crippen LogP) is 7.62. The van der Waals surface area contributed by atoms with Gasteiger partial charge in [0.25, 0.3) is 17.8 Å². The second-order valence-electron chi connectivity index (χ2n) is 29.0. The first-order valence-corrected chi connectivity index (χ1v) is 35.9. The van der Waals surface area contributed by atoms with Gasteiger partial charge in [-0.1, -0.05) is 24.3 Å². The Labute approximate surface area is 567 Å². The summed E-state index contributed by atoms with van der Waals surface area (Å²) in [5.74, 6) is -9.47. The van der Waals surface area contributed by atoms with Crippen molar-refractivity contribution in [3.63, 3.8) is 0 Å². The molecular weight excluding hydrogens is 1320 g/mol. The van der Waals surface area contributed by atoms with Gasteiger partial charge in [0.2, 0.25) is 26.0 Å². The number of fused-ring (bicyclic) bond motifs is 6. The van der Waals surface area contributed by atoms with Gasteiger partial charge < -0.3 is 62.9 Å². The van der Waals surface area contributed by atoms with Crippen molar-refractivity contribution in [3.05, 3.63) is 118 Å². The fraction of sp³-hybridized carbons (Fsp3) is 0.536. The Hall–Kier alpha value is -7.86. The van der Waals surface area contributed by atoms with Crippen molar-refractivity contribution in [1.82, 2.24) is 28.2 Å². The maximum Gasteiger partial charge on any atom is 0.410 e. The maximum atomic E-state index is 15.3. The minimum atomic E-state index is -3.83. The van der Waals surface area contributed by atoms with Crippen molar-refractivity contribution in [1.29, 1.82) is 0 Å². The van der Waals surface area contributed by atoms with Gasteiger partial charge in [-0.3, -0.25) is 9.59 Å². The van der Waals surface area contributed by atoms with Crippen LogP contribution in [0, 0.1) is 23.7 Å². The molecule has 4 aromatic rings. The van der Waals surface area contributed by atoms with Crippen LogP contribution in [-0.2, 0) is 39.1 Å². The number of benzene rings is 4. The van der Waals surface area contributed by atoms with E-state index >= 15 is 17.6 Å². The molecule has 1 N–H and O–H groups in total. The number of carbonyl (C=O) groups is 4. The van der Waals surface area contributed by atoms with Crippen molar-refractivity contribution in [3.8, 4) is 23.0 Å². The normalized spacial score (nSPS) is 24.2. The molecule has 4 bridgehead atoms. The molecular formula is C69H82F4N8O15S2. The Morgan fingerprint density at radius 2 is 0.816 bits per heavy atom. The second-order valence-corrected chi connectivity index (χ2v) is 32.9. The van der Waals surface area contributed by atoms with E-state index in [9.17, 15) is 41.1 Å². The molecule has 10 aliphatic rings. The number of hydrogen-bond acceptors (Lipinski definition) is 17. The fourth-order valence-corrected chi connectivity index (χ4v) is 17.6. The van der Waals surface area contributed by atoms with Crippen molar-refractivity contribution < 1.29 is 87.1 Å². The number of alkyl halides is 4. The SMILES string of the molecule is CC(C(=O)N1CC2=C(C1)CN(S(=O)(=O)c1ccc3c(c1)OCCO3)C2)c1cccc(N2CC3CN(C(=O)OC(C)(C)C)CC(C2)C3(F)F)c1.CC(C)(C)OC(=O)N1CC2CN(c3cccc(C(O)C(=O)N4CC5=C(C4)CN(S(=O)(=O)c4ccc6c(c4)OCCO6)C5)c3)CC(C1)C2(F)F. The van der Waals surface area contributed by atoms with Crippen LogP contribution in [0.3, 0.4) is 0 Å². The lowest BCUT2D eigenvalue weighted by Crippen LogP contribution is -2.64. The number of piperidine rings is 4. The molecule has 6 atom stereocenters. The van der Waals surface area contributed by atoms with Crippen LogP contribution in [0.2, 0.25) is 0 Å². The van der Waals surface area contributed by atoms with Crippen LogP contribution in [0.25, 0.3) is 0 Å². The number of likely N-dealkylation sites (tertiary alicyclic amines) is 2. The summed E-state index contributed by atoms with van der Waals surface area (Å²) in [6.07, 6.45) is -2.67. The second kappa shape index (κ2) is 25.7. The highest BCUT2D eigenvalue weighted by Gasteiger charge is 2.58. The summed E-state index contributed by atoms with van der Waals surface area (Å²) in [7, 11) is -7.61. The highest BCUT2D eigenvalue weighted by atomic mass is 32.2. The first kappa shape index (κ1) is 68.7. The summed E-state index contributed by atoms with van der Waals surface area (Å²) < 4.78 is 151. The molecule has 4 aromatic carbocycles. The molecule has 10 heterocycles. The zero-order valence-electron chi connectivity index (χ0n) is 55.8. The molecule has 4 amide bonds. The van der Waals surface area contributed by atoms with Crippen molar-refractivity contribution in [2.75, 3.05) is 141 Å². The topological polar surface area (TPSA) is 238 Å². The number of halogens is 4. The molecule has 0 spiro atoms. The summed E-state index contributed by atoms with van der Waals surface area (Å²) in [4.78, 5) is 62.6. The first-order valence-electron chi connectivity index (χ1n) is 33.1. The lowest BCUT2D eigenvalue weighted by molar-refractivity contribution is -0.154. The van der Waals surface area contributed by atoms with Gasteiger partial charge in [0.15, 0.2) is 29.1 Å². The van der Waals surface area contributed by atoms with Crippen LogP contribution < -0.4 is 28.7 Å². The summed E-state index contributed by atoms with van der Waals surface area (Å²) in [5, 5.41) is 11.2. The molecule has 528 valence electrons. The quantitative estimate of drug-likeness (QED) is 0.119. The van der Waals surface area contributed by atoms with E-state index in [1.54, 1.807) is 82.8 Å². The molecule has 0 aliphatic carbocycles. The fourth-order valence-electron chi connectivity index (χ4n) is 14.7. The summed E-state index contributed by atoms with van der Waals surface area (Å²) in [6, 6.07) is 23.4. The number of sulfonamides is 2. The van der Waals surface area contributed by atoms with Crippen LogP contribution in [-0.4, -0.2) is 228 Å². The van der Waals surface area contributed by atoms with Gasteiger partial charge in [-0.25, -0.2) is 44.0 Å². The first-order chi connectivity index (χ1) is 46.2. The molecule has 0 aromatic heterocycles. The minimum Gasteiger partial charge on any atom is -0.486 e. The number of anilines is 2. The Morgan fingerprint density at radius 1 is 0.469 bits per heavy atom. The number of nitrogens with zero attached hydrogens (tertiary/aromatic N) is 8. The third kappa shape index (κ3) is 13.6. The third-order valence-corrected chi connectivity index (χ3v) is 23.4. The Bertz CT molecular complexity index is 3810. The highest BCUT2D eigenvalue weighted by molar-refractivity contribution is 7.89. The van der Waals surface area contributed by atoms with Crippen LogP contribution in [0.15, 0.2) is 117 Å². The number of rotatable bonds is 10. The van der Waals surface area contributed by atoms with Crippen LogP contribution in [0.5, 0.6) is 23.0 Å². The molecule has 4 fully saturated rings. The molecule has 98 heavy (non-hydrogen) atoms. The lowest BCUT2D eigenvalue weighted by Gasteiger charge is -2.51. The average molecular weight is 1400 g/mol. The number of aliphatic hydroxyl groups is 1. The van der Waals surface area contributed by atoms with E-state index in [1.807, 2.05) is 41.0 Å². The van der Waals surface area contributed by atoms with Gasteiger partial charge in [0.05, 0.1) is 39.4 Å². The van der Waals surface area contributed by atoms with E-state index in [0.29, 0.717) is 73.8 Å². The maximum absolute atomic E-state index is 15.3. The van der Waals surface area contributed by atoms with E-state index in [1.165, 1.54) is 47.6 Å². The summed E-state index contributed by atoms with van der Waals surface area (Å²) in [5.41, 5.74) is 4.50. The number of hydrogen-bond donors (Lipinski definition) is 1. The molecule has 0 saturated carbocycles. The van der Waals surface area contributed by atoms with E-state index in [-0.39, 0.29) is 107 Å². The number of carbonyl (C=O) groups excluding carboxylic acids is 4. The number of aliphatic hydroxyl groups excluding tert-OH is 1. The summed E-state index contributed by atoms with van der Waals surface area (Å²) in [6.45, 7) is 15.2. The monoisotopic (exact) mass is 1400 g/mol. The lowest BCUT2D eigenvalue weighted by atomic mass is 9.80. The van der Waals surface area contributed by atoms with Gasteiger partial charge in [-0.2, -0.15) is 8.61 Å². The highest BCUT2D eigenvalue weighted by Crippen LogP contribution is 2.47. The summed E-state index contributed by atoms with van der Waals surface area (Å²) >= 11 is 0. The van der Waals surface area contributed by atoms with Crippen LogP contribution in [0.1, 0.15) is 71.6 Å². The van der Waals surface area contributed by atoms with Gasteiger partial charge in [-0.05, 0) is 130 Å². The van der Waals surface area contributed by atoms with Crippen LogP contribution >= 0.6 is 0 Å². The molecule has 23 nitrogen and oxygen atoms in total. The Morgan fingerprint density at radius 3 is 1.19 bits per heavy atom. The van der Waals surface area contributed by atoms with E-state index < -0.39 is 96.9 Å². The van der Waals surface area contributed by atoms with E-state index in [2.05, 4.69) is 0 Å². The zero-order chi connectivity index (χ0) is 69.8. The molecule has 0 radical (unpaired) electrons. The average Bonchev–Trinajstić information content (AvgIpc) is 1.07. The molecule has 6 unspecified atom stereocenters. The Balaban J connectivity index is 0.000000176. The van der Waals surface area contributed by atoms with Crippen molar-refractivity contribution >= 4 is 55.4 Å². The minimum absolute atomic E-state index is 0.00920. The van der Waals surface area contributed by atoms with Crippen LogP contribution in [0.4, 0.5) is 38.5 Å². The van der Waals surface area contributed by atoms with E-state index in [4.69, 9.17) is 28.4 Å². The van der Waals surface area contributed by atoms with Gasteiger partial charge in [0, 0.05) is 128 Å². The Kier molecular flexibility index (Phi) is 18.0. The van der Waals surface area contributed by atoms with Crippen molar-refractivity contribution in [2.24, 2.45) is 23.7 Å². The molecule has 4 saturated heterocycles. The standard InChI is InChI=1S/C35H42F2N4O7S.C34H40F2N4O8S/c1-22(23-6-5-7-28(12-23)38-18-26-20-40(33(43)48-34(2,3)4)21-27(19-38)35(26,36)37)32(42)39-14-24-16-41(17-25(24)15-39)49(44,45)29-8-9-30-31(13-29)47-11-10-46-30;1-33(2,3)48-32(43)39-19-24-17-37(18-25(20-39)34(24,35)36)26-6-4-5-21(11-26)30(41)31(42)38-13-22-15-40(16-23(22)14-38)49(44,45)27-7-8-28-29(12-27)47-10-9-46-28/h5-9,12-13,22,26-27H,10-11,14-21H2,1-4H3;4-8,11-12,24-25,30,41H,9-10,13-20H2,1-3H3. The van der Waals surface area contributed by atoms with E-state index in [0.717, 1.165) is 33.5 Å². The third-order valence-electron chi connectivity index (χ3n) is 19.8. The van der Waals surface area contributed by atoms with Gasteiger partial charge >= 0.3 is 12.2 Å². The zero-order valence-corrected chi connectivity index (χ0v) is 57.4. The molecule has 10 aliphatic heterocycles. The predicted molar refractivity (Wildman–Crippen MR) is 350 cm³/mol. The molecule has 14 rings (SSSR count). The van der Waals surface area contributed by atoms with Gasteiger partial charge in [-0.15, -0.1) is 0 Å². The largest absolute Gasteiger partial charge is 0.486 e. The van der Waals surface area contributed by atoms with Crippen molar-refractivity contribution in [2.45, 2.75) is 93.3 Å². The molecule has 29 heteroatoms. The smallest absolute Gasteiger partial charge is 0.410 e. The van der Waals surface area contributed by atoms with Gasteiger partial charge in [0.1, 0.15) is 37.6 Å².